The second-order valence-corrected chi connectivity index (χ2v) is 10.2. The van der Waals surface area contributed by atoms with Gasteiger partial charge in [-0.05, 0) is 38.3 Å². The fourth-order valence-electron chi connectivity index (χ4n) is 7.03. The number of carbonyl (C=O) groups is 3. The minimum Gasteiger partial charge on any atom is -0.462 e. The average molecular weight is 438 g/mol. The molecule has 0 bridgehead atoms. The van der Waals surface area contributed by atoms with Gasteiger partial charge in [-0.15, -0.1) is 0 Å². The maximum absolute atomic E-state index is 12.9. The molecule has 2 heterocycles. The number of carbonyl (C=O) groups excluding carboxylic acids is 3. The molecule has 0 aromatic heterocycles. The first-order valence-electron chi connectivity index (χ1n) is 11.6. The first-order valence-corrected chi connectivity index (χ1v) is 11.6. The van der Waals surface area contributed by atoms with E-state index in [1.807, 2.05) is 13.8 Å². The van der Waals surface area contributed by atoms with Gasteiger partial charge < -0.3 is 24.2 Å². The molecule has 2 saturated carbocycles. The van der Waals surface area contributed by atoms with Crippen LogP contribution in [0.3, 0.4) is 0 Å². The zero-order valence-electron chi connectivity index (χ0n) is 18.9. The Labute approximate surface area is 183 Å². The molecule has 31 heavy (non-hydrogen) atoms. The Hall–Kier alpha value is -1.67. The van der Waals surface area contributed by atoms with Crippen LogP contribution in [0, 0.1) is 29.1 Å². The van der Waals surface area contributed by atoms with Gasteiger partial charge in [0, 0.05) is 44.1 Å². The van der Waals surface area contributed by atoms with E-state index < -0.39 is 35.6 Å². The van der Waals surface area contributed by atoms with Crippen molar-refractivity contribution < 1.29 is 33.7 Å². The van der Waals surface area contributed by atoms with Crippen molar-refractivity contribution in [2.75, 3.05) is 19.6 Å². The van der Waals surface area contributed by atoms with Crippen molar-refractivity contribution in [2.24, 2.45) is 29.1 Å². The van der Waals surface area contributed by atoms with E-state index in [-0.39, 0.29) is 35.8 Å². The molecule has 4 fully saturated rings. The zero-order chi connectivity index (χ0) is 22.5. The molecule has 2 aliphatic heterocycles. The lowest BCUT2D eigenvalue weighted by Gasteiger charge is -2.44. The number of ether oxygens (including phenoxy) is 3. The molecule has 0 unspecified atom stereocenters. The van der Waals surface area contributed by atoms with Crippen LogP contribution in [0.25, 0.3) is 0 Å². The second kappa shape index (κ2) is 8.35. The molecule has 8 heteroatoms. The normalized spacial score (nSPS) is 44.9. The summed E-state index contributed by atoms with van der Waals surface area (Å²) in [6.45, 7) is 9.19. The largest absolute Gasteiger partial charge is 0.462 e. The third-order valence-electron chi connectivity index (χ3n) is 8.20. The van der Waals surface area contributed by atoms with Crippen molar-refractivity contribution >= 4 is 17.9 Å². The van der Waals surface area contributed by atoms with E-state index in [2.05, 4.69) is 4.90 Å². The highest BCUT2D eigenvalue weighted by molar-refractivity contribution is 5.76. The SMILES string of the molecule is CC(=O)O[C@H]1C[C@H](O)[C@]2(C)[C@H]1[C@H](C)C[C@@H]1OC(=O)[C@@H](CN3CCCC3)[C@H]1[C@@H]2OC(C)=O. The molecular formula is C23H35NO7. The highest BCUT2D eigenvalue weighted by Crippen LogP contribution is 2.59. The smallest absolute Gasteiger partial charge is 0.311 e. The lowest BCUT2D eigenvalue weighted by Crippen LogP contribution is -2.53. The van der Waals surface area contributed by atoms with E-state index in [1.165, 1.54) is 13.8 Å². The number of hydrogen-bond acceptors (Lipinski definition) is 8. The van der Waals surface area contributed by atoms with Crippen LogP contribution >= 0.6 is 0 Å². The molecule has 0 aromatic rings. The number of aliphatic hydroxyl groups excluding tert-OH is 1. The van der Waals surface area contributed by atoms with Crippen LogP contribution in [-0.4, -0.2) is 72.0 Å². The molecule has 0 radical (unpaired) electrons. The van der Waals surface area contributed by atoms with E-state index in [9.17, 15) is 19.5 Å². The van der Waals surface area contributed by atoms with E-state index >= 15 is 0 Å². The summed E-state index contributed by atoms with van der Waals surface area (Å²) >= 11 is 0. The Morgan fingerprint density at radius 1 is 1.16 bits per heavy atom. The molecule has 4 aliphatic rings. The molecule has 0 aromatic carbocycles. The lowest BCUT2D eigenvalue weighted by atomic mass is 9.66. The first-order chi connectivity index (χ1) is 14.6. The van der Waals surface area contributed by atoms with E-state index in [0.717, 1.165) is 25.9 Å². The van der Waals surface area contributed by atoms with Crippen LogP contribution in [0.5, 0.6) is 0 Å². The van der Waals surface area contributed by atoms with Crippen LogP contribution in [0.4, 0.5) is 0 Å². The van der Waals surface area contributed by atoms with Gasteiger partial charge in [-0.3, -0.25) is 14.4 Å². The Morgan fingerprint density at radius 3 is 2.42 bits per heavy atom. The number of likely N-dealkylation sites (tertiary alicyclic amines) is 1. The minimum atomic E-state index is -0.845. The fraction of sp³-hybridized carbons (Fsp3) is 0.870. The third kappa shape index (κ3) is 3.86. The van der Waals surface area contributed by atoms with Gasteiger partial charge in [-0.25, -0.2) is 0 Å². The molecule has 0 spiro atoms. The Kier molecular flexibility index (Phi) is 6.07. The molecular weight excluding hydrogens is 402 g/mol. The molecule has 2 saturated heterocycles. The number of esters is 3. The van der Waals surface area contributed by atoms with Crippen molar-refractivity contribution in [1.29, 1.82) is 0 Å². The van der Waals surface area contributed by atoms with Gasteiger partial charge in [0.05, 0.1) is 12.0 Å². The predicted octanol–water partition coefficient (Wildman–Crippen LogP) is 1.53. The monoisotopic (exact) mass is 437 g/mol. The zero-order valence-corrected chi connectivity index (χ0v) is 18.9. The fourth-order valence-corrected chi connectivity index (χ4v) is 7.03. The number of aliphatic hydroxyl groups is 1. The van der Waals surface area contributed by atoms with Crippen LogP contribution < -0.4 is 0 Å². The van der Waals surface area contributed by atoms with Crippen molar-refractivity contribution in [1.82, 2.24) is 4.90 Å². The molecule has 2 aliphatic carbocycles. The highest BCUT2D eigenvalue weighted by atomic mass is 16.6. The minimum absolute atomic E-state index is 0.0119. The van der Waals surface area contributed by atoms with Crippen LogP contribution in [0.15, 0.2) is 0 Å². The number of fused-ring (bicyclic) bond motifs is 2. The Bertz CT molecular complexity index is 735. The van der Waals surface area contributed by atoms with Crippen molar-refractivity contribution in [2.45, 2.75) is 77.8 Å². The summed E-state index contributed by atoms with van der Waals surface area (Å²) in [5.74, 6) is -2.00. The van der Waals surface area contributed by atoms with Crippen LogP contribution in [0.1, 0.15) is 53.4 Å². The number of hydrogen-bond donors (Lipinski definition) is 1. The van der Waals surface area contributed by atoms with Crippen LogP contribution in [-0.2, 0) is 28.6 Å². The maximum atomic E-state index is 12.9. The number of nitrogens with zero attached hydrogens (tertiary/aromatic N) is 1. The topological polar surface area (TPSA) is 102 Å². The van der Waals surface area contributed by atoms with Crippen molar-refractivity contribution in [3.05, 3.63) is 0 Å². The van der Waals surface area contributed by atoms with Gasteiger partial charge in [0.2, 0.25) is 0 Å². The summed E-state index contributed by atoms with van der Waals surface area (Å²) in [6, 6.07) is 0. The van der Waals surface area contributed by atoms with Gasteiger partial charge in [0.25, 0.3) is 0 Å². The summed E-state index contributed by atoms with van der Waals surface area (Å²) < 4.78 is 17.4. The van der Waals surface area contributed by atoms with E-state index in [4.69, 9.17) is 14.2 Å². The summed E-state index contributed by atoms with van der Waals surface area (Å²) in [7, 11) is 0. The van der Waals surface area contributed by atoms with Gasteiger partial charge in [0.15, 0.2) is 0 Å². The van der Waals surface area contributed by atoms with Crippen molar-refractivity contribution in [3.8, 4) is 0 Å². The Morgan fingerprint density at radius 2 is 1.81 bits per heavy atom. The second-order valence-electron chi connectivity index (χ2n) is 10.2. The molecule has 4 rings (SSSR count). The standard InChI is InChI=1S/C23H35NO7/c1-12-9-16-19(15(22(28)31-16)11-24-7-5-6-8-24)21(30-14(3)26)23(4)18(27)10-17(20(12)23)29-13(2)25/h12,15-21,27H,5-11H2,1-4H3/t12-,15+,16+,17+,18+,19-,20+,21+,23-/m1/s1. The van der Waals surface area contributed by atoms with E-state index in [0.29, 0.717) is 19.4 Å². The van der Waals surface area contributed by atoms with Crippen LogP contribution in [0.2, 0.25) is 0 Å². The average Bonchev–Trinajstić information content (AvgIpc) is 3.31. The first kappa shape index (κ1) is 22.5. The molecule has 8 nitrogen and oxygen atoms in total. The molecule has 174 valence electrons. The third-order valence-corrected chi connectivity index (χ3v) is 8.20. The summed E-state index contributed by atoms with van der Waals surface area (Å²) in [6.07, 6.45) is 0.756. The van der Waals surface area contributed by atoms with E-state index in [1.54, 1.807) is 0 Å². The predicted molar refractivity (Wildman–Crippen MR) is 110 cm³/mol. The lowest BCUT2D eigenvalue weighted by molar-refractivity contribution is -0.174. The number of rotatable bonds is 4. The maximum Gasteiger partial charge on any atom is 0.311 e. The van der Waals surface area contributed by atoms with Gasteiger partial charge in [-0.1, -0.05) is 13.8 Å². The summed E-state index contributed by atoms with van der Waals surface area (Å²) in [5, 5.41) is 11.2. The van der Waals surface area contributed by atoms with Gasteiger partial charge in [-0.2, -0.15) is 0 Å². The summed E-state index contributed by atoms with van der Waals surface area (Å²) in [4.78, 5) is 39.2. The summed E-state index contributed by atoms with van der Waals surface area (Å²) in [5.41, 5.74) is -0.845. The van der Waals surface area contributed by atoms with Gasteiger partial charge >= 0.3 is 17.9 Å². The highest BCUT2D eigenvalue weighted by Gasteiger charge is 2.67. The molecule has 1 N–H and O–H groups in total. The quantitative estimate of drug-likeness (QED) is 0.522. The molecule has 9 atom stereocenters. The Balaban J connectivity index is 1.74. The van der Waals surface area contributed by atoms with Gasteiger partial charge in [0.1, 0.15) is 18.3 Å². The van der Waals surface area contributed by atoms with Crippen molar-refractivity contribution in [3.63, 3.8) is 0 Å². The molecule has 0 amide bonds.